The van der Waals surface area contributed by atoms with Crippen LogP contribution in [0.1, 0.15) is 10.5 Å². The third-order valence-electron chi connectivity index (χ3n) is 1.80. The maximum Gasteiger partial charge on any atom is 0.406 e. The summed E-state index contributed by atoms with van der Waals surface area (Å²) < 4.78 is 69.3. The summed E-state index contributed by atoms with van der Waals surface area (Å²) in [6.45, 7) is -1.53. The smallest absolute Gasteiger partial charge is 0.331 e. The minimum Gasteiger partial charge on any atom is -0.331 e. The zero-order valence-corrected chi connectivity index (χ0v) is 9.64. The molecule has 0 saturated carbocycles. The molecule has 1 amide bonds. The second-order valence-electron chi connectivity index (χ2n) is 3.33. The van der Waals surface area contributed by atoms with Gasteiger partial charge >= 0.3 is 16.4 Å². The van der Waals surface area contributed by atoms with Gasteiger partial charge in [0, 0.05) is 13.1 Å². The lowest BCUT2D eigenvalue weighted by Crippen LogP contribution is -2.36. The molecule has 0 aliphatic rings. The molecule has 0 aromatic carbocycles. The van der Waals surface area contributed by atoms with E-state index in [-0.39, 0.29) is 4.90 Å². The molecule has 11 heteroatoms. The molecule has 0 saturated heterocycles. The van der Waals surface area contributed by atoms with E-state index in [2.05, 4.69) is 5.10 Å². The summed E-state index contributed by atoms with van der Waals surface area (Å²) in [4.78, 5) is 11.7. The van der Waals surface area contributed by atoms with E-state index in [0.29, 0.717) is 6.07 Å². The fourth-order valence-corrected chi connectivity index (χ4v) is 1.48. The summed E-state index contributed by atoms with van der Waals surface area (Å²) in [6.07, 6.45) is -4.60. The fourth-order valence-electron chi connectivity index (χ4n) is 1.07. The molecule has 0 aliphatic carbocycles. The average molecular weight is 289 g/mol. The topological polar surface area (TPSA) is 83.1 Å². The Kier molecular flexibility index (Phi) is 3.64. The Balaban J connectivity index is 2.89. The molecule has 1 rings (SSSR count). The largest absolute Gasteiger partial charge is 0.406 e. The number of aromatic nitrogens is 2. The predicted molar refractivity (Wildman–Crippen MR) is 49.9 cm³/mol. The van der Waals surface area contributed by atoms with Crippen molar-refractivity contribution in [3.8, 4) is 0 Å². The number of carbonyl (C=O) groups excluding carboxylic acids is 1. The van der Waals surface area contributed by atoms with Gasteiger partial charge in [-0.2, -0.15) is 26.7 Å². The molecular weight excluding hydrogens is 282 g/mol. The lowest BCUT2D eigenvalue weighted by Gasteiger charge is -2.17. The van der Waals surface area contributed by atoms with Crippen molar-refractivity contribution < 1.29 is 30.3 Å². The van der Waals surface area contributed by atoms with Gasteiger partial charge in [-0.3, -0.25) is 9.89 Å². The molecule has 0 bridgehead atoms. The summed E-state index contributed by atoms with van der Waals surface area (Å²) in [5.74, 6) is -1.18. The van der Waals surface area contributed by atoms with Crippen molar-refractivity contribution in [2.24, 2.45) is 0 Å². The third-order valence-corrected chi connectivity index (χ3v) is 2.53. The lowest BCUT2D eigenvalue weighted by atomic mass is 10.4. The van der Waals surface area contributed by atoms with Crippen LogP contribution in [0.25, 0.3) is 0 Å². The zero-order valence-electron chi connectivity index (χ0n) is 8.82. The lowest BCUT2D eigenvalue weighted by molar-refractivity contribution is -0.138. The van der Waals surface area contributed by atoms with Gasteiger partial charge in [-0.1, -0.05) is 3.89 Å². The van der Waals surface area contributed by atoms with Gasteiger partial charge in [0.05, 0.1) is 0 Å². The van der Waals surface area contributed by atoms with Crippen molar-refractivity contribution in [1.82, 2.24) is 15.1 Å². The Morgan fingerprint density at radius 3 is 2.44 bits per heavy atom. The summed E-state index contributed by atoms with van der Waals surface area (Å²) in [5, 5.41) is 3.84. The summed E-state index contributed by atoms with van der Waals surface area (Å²) in [5.41, 5.74) is -0.627. The third kappa shape index (κ3) is 3.68. The first-order valence-electron chi connectivity index (χ1n) is 4.33. The molecule has 102 valence electrons. The van der Waals surface area contributed by atoms with Crippen molar-refractivity contribution >= 4 is 16.1 Å². The van der Waals surface area contributed by atoms with Crippen molar-refractivity contribution in [1.29, 1.82) is 0 Å². The molecule has 1 heterocycles. The number of nitrogens with one attached hydrogen (secondary N) is 1. The van der Waals surface area contributed by atoms with Crippen molar-refractivity contribution in [2.75, 3.05) is 13.6 Å². The predicted octanol–water partition coefficient (Wildman–Crippen LogP) is 0.702. The van der Waals surface area contributed by atoms with Gasteiger partial charge in [-0.25, -0.2) is 0 Å². The molecule has 0 fully saturated rings. The van der Waals surface area contributed by atoms with Crippen LogP contribution < -0.4 is 0 Å². The second kappa shape index (κ2) is 4.55. The maximum atomic E-state index is 12.5. The number of rotatable bonds is 3. The molecule has 0 spiro atoms. The Labute approximate surface area is 98.8 Å². The highest BCUT2D eigenvalue weighted by Crippen LogP contribution is 2.17. The van der Waals surface area contributed by atoms with Crippen LogP contribution in [0.4, 0.5) is 17.1 Å². The van der Waals surface area contributed by atoms with Gasteiger partial charge in [0.1, 0.15) is 6.54 Å². The first-order chi connectivity index (χ1) is 8.00. The van der Waals surface area contributed by atoms with Crippen LogP contribution >= 0.6 is 0 Å². The monoisotopic (exact) mass is 289 g/mol. The highest BCUT2D eigenvalue weighted by molar-refractivity contribution is 7.86. The van der Waals surface area contributed by atoms with E-state index in [1.54, 1.807) is 5.10 Å². The first kappa shape index (κ1) is 14.4. The van der Waals surface area contributed by atoms with E-state index in [9.17, 15) is 30.3 Å². The number of carbonyl (C=O) groups is 1. The molecular formula is C7H7F4N3O3S. The average Bonchev–Trinajstić information content (AvgIpc) is 2.61. The number of hydrogen-bond acceptors (Lipinski definition) is 4. The molecule has 1 aromatic heterocycles. The zero-order chi connectivity index (χ0) is 14.1. The van der Waals surface area contributed by atoms with E-state index in [1.165, 1.54) is 0 Å². The van der Waals surface area contributed by atoms with E-state index in [4.69, 9.17) is 0 Å². The molecule has 0 atom stereocenters. The summed E-state index contributed by atoms with van der Waals surface area (Å²) in [7, 11) is -4.23. The van der Waals surface area contributed by atoms with E-state index >= 15 is 0 Å². The van der Waals surface area contributed by atoms with Gasteiger partial charge in [-0.05, 0) is 0 Å². The van der Waals surface area contributed by atoms with Gasteiger partial charge in [-0.15, -0.1) is 0 Å². The van der Waals surface area contributed by atoms with E-state index < -0.39 is 39.6 Å². The van der Waals surface area contributed by atoms with Crippen LogP contribution in [0.2, 0.25) is 0 Å². The molecule has 1 aromatic rings. The molecule has 6 nitrogen and oxygen atoms in total. The molecule has 18 heavy (non-hydrogen) atoms. The van der Waals surface area contributed by atoms with Gasteiger partial charge in [0.25, 0.3) is 5.91 Å². The number of nitrogens with zero attached hydrogens (tertiary/aromatic N) is 2. The maximum absolute atomic E-state index is 12.5. The number of amides is 1. The Morgan fingerprint density at radius 1 is 1.50 bits per heavy atom. The van der Waals surface area contributed by atoms with Crippen LogP contribution in [-0.4, -0.2) is 49.2 Å². The van der Waals surface area contributed by atoms with Crippen LogP contribution in [0.5, 0.6) is 0 Å². The Hall–Kier alpha value is -1.65. The molecule has 0 unspecified atom stereocenters. The molecule has 0 aliphatic heterocycles. The first-order valence-corrected chi connectivity index (χ1v) is 5.71. The van der Waals surface area contributed by atoms with E-state index in [0.717, 1.165) is 7.05 Å². The number of alkyl halides is 3. The minimum atomic E-state index is -5.09. The van der Waals surface area contributed by atoms with Crippen molar-refractivity contribution in [3.05, 3.63) is 11.8 Å². The van der Waals surface area contributed by atoms with Crippen LogP contribution in [0.3, 0.4) is 0 Å². The highest BCUT2D eigenvalue weighted by atomic mass is 32.3. The van der Waals surface area contributed by atoms with Crippen LogP contribution in [0, 0.1) is 0 Å². The normalized spacial score (nSPS) is 12.5. The molecule has 1 N–H and O–H groups in total. The van der Waals surface area contributed by atoms with Gasteiger partial charge < -0.3 is 4.90 Å². The second-order valence-corrected chi connectivity index (χ2v) is 4.65. The fraction of sp³-hybridized carbons (Fsp3) is 0.429. The summed E-state index contributed by atoms with van der Waals surface area (Å²) >= 11 is 0. The minimum absolute atomic E-state index is 0.283. The number of H-pyrrole nitrogens is 1. The number of aromatic amines is 1. The molecule has 0 radical (unpaired) electrons. The number of hydrogen-bond donors (Lipinski definition) is 1. The van der Waals surface area contributed by atoms with Gasteiger partial charge in [0.2, 0.25) is 0 Å². The standard InChI is InChI=1S/C7H7F4N3O3S/c1-14(3-7(8,9)10)6(15)4-2-5(13-12-4)18(11,16)17/h2H,3H2,1H3,(H,12,13). The van der Waals surface area contributed by atoms with Crippen LogP contribution in [-0.2, 0) is 10.2 Å². The Morgan fingerprint density at radius 2 is 2.06 bits per heavy atom. The quantitative estimate of drug-likeness (QED) is 0.656. The van der Waals surface area contributed by atoms with Crippen molar-refractivity contribution in [2.45, 2.75) is 11.2 Å². The van der Waals surface area contributed by atoms with Gasteiger partial charge in [0.15, 0.2) is 10.7 Å². The SMILES string of the molecule is CN(CC(F)(F)F)C(=O)c1cc(S(=O)(=O)F)[nH]n1. The highest BCUT2D eigenvalue weighted by Gasteiger charge is 2.32. The summed E-state index contributed by atoms with van der Waals surface area (Å²) in [6, 6.07) is 0.518. The van der Waals surface area contributed by atoms with Crippen molar-refractivity contribution in [3.63, 3.8) is 0 Å². The van der Waals surface area contributed by atoms with Crippen LogP contribution in [0.15, 0.2) is 11.1 Å². The number of halogens is 4. The van der Waals surface area contributed by atoms with E-state index in [1.807, 2.05) is 0 Å². The Bertz CT molecular complexity index is 551.